The minimum Gasteiger partial charge on any atom is -0.324 e. The molecule has 0 radical (unpaired) electrons. The van der Waals surface area contributed by atoms with Crippen molar-refractivity contribution < 1.29 is 0 Å². The van der Waals surface area contributed by atoms with E-state index in [1.165, 1.54) is 11.8 Å². The highest BCUT2D eigenvalue weighted by Gasteiger charge is 2.14. The van der Waals surface area contributed by atoms with Crippen LogP contribution < -0.4 is 0 Å². The van der Waals surface area contributed by atoms with E-state index >= 15 is 0 Å². The lowest BCUT2D eigenvalue weighted by Gasteiger charge is -2.04. The van der Waals surface area contributed by atoms with Crippen LogP contribution in [-0.2, 0) is 12.3 Å². The first-order valence-electron chi connectivity index (χ1n) is 8.01. The van der Waals surface area contributed by atoms with E-state index in [4.69, 9.17) is 11.6 Å². The van der Waals surface area contributed by atoms with Gasteiger partial charge < -0.3 is 4.57 Å². The number of nitrogens with zero attached hydrogens (tertiary/aromatic N) is 5. The number of hydrogen-bond donors (Lipinski definition) is 0. The van der Waals surface area contributed by atoms with Gasteiger partial charge in [-0.1, -0.05) is 54.2 Å². The smallest absolute Gasteiger partial charge is 0.211 e. The Labute approximate surface area is 149 Å². The fourth-order valence-electron chi connectivity index (χ4n) is 2.95. The Morgan fingerprint density at radius 2 is 1.88 bits per heavy atom. The van der Waals surface area contributed by atoms with Crippen molar-refractivity contribution in [3.63, 3.8) is 0 Å². The molecule has 5 nitrogen and oxygen atoms in total. The van der Waals surface area contributed by atoms with Gasteiger partial charge in [-0.2, -0.15) is 0 Å². The Hall–Kier alpha value is -2.91. The van der Waals surface area contributed by atoms with Crippen LogP contribution in [0.25, 0.3) is 26.9 Å². The Kier molecular flexibility index (Phi) is 4.08. The first-order valence-corrected chi connectivity index (χ1v) is 9.00. The zero-order valence-electron chi connectivity index (χ0n) is 13.7. The molecular formula is C19H15N5S. The summed E-state index contributed by atoms with van der Waals surface area (Å²) in [5, 5.41) is 10.4. The maximum absolute atomic E-state index is 7.26. The van der Waals surface area contributed by atoms with Gasteiger partial charge in [0.1, 0.15) is 5.52 Å². The summed E-state index contributed by atoms with van der Waals surface area (Å²) in [6.07, 6.45) is 0. The Balaban J connectivity index is 1.72. The van der Waals surface area contributed by atoms with Crippen LogP contribution in [0, 0.1) is 6.57 Å². The summed E-state index contributed by atoms with van der Waals surface area (Å²) in [7, 11) is 0. The Morgan fingerprint density at radius 3 is 2.72 bits per heavy atom. The lowest BCUT2D eigenvalue weighted by atomic mass is 10.2. The molecule has 2 aromatic carbocycles. The van der Waals surface area contributed by atoms with Gasteiger partial charge in [0.2, 0.25) is 5.16 Å². The summed E-state index contributed by atoms with van der Waals surface area (Å²) in [6, 6.07) is 15.8. The van der Waals surface area contributed by atoms with Gasteiger partial charge in [-0.15, -0.1) is 10.2 Å². The number of fused-ring (bicyclic) bond motifs is 3. The molecule has 4 rings (SSSR count). The SMILES string of the molecule is [C-]#[N+]c1ccccc1CSc1nnc2c3ccccc3n(CC)c2n1. The van der Waals surface area contributed by atoms with Gasteiger partial charge in [-0.3, -0.25) is 0 Å². The van der Waals surface area contributed by atoms with E-state index in [-0.39, 0.29) is 0 Å². The van der Waals surface area contributed by atoms with Gasteiger partial charge in [0.25, 0.3) is 0 Å². The molecule has 0 N–H and O–H groups in total. The van der Waals surface area contributed by atoms with E-state index in [1.807, 2.05) is 36.4 Å². The van der Waals surface area contributed by atoms with E-state index < -0.39 is 0 Å². The molecule has 2 aromatic heterocycles. The van der Waals surface area contributed by atoms with Gasteiger partial charge in [0.05, 0.1) is 12.1 Å². The molecule has 0 spiro atoms. The molecule has 25 heavy (non-hydrogen) atoms. The van der Waals surface area contributed by atoms with Crippen LogP contribution in [0.15, 0.2) is 53.7 Å². The van der Waals surface area contributed by atoms with Crippen LogP contribution in [0.2, 0.25) is 0 Å². The van der Waals surface area contributed by atoms with Crippen LogP contribution in [-0.4, -0.2) is 19.7 Å². The van der Waals surface area contributed by atoms with Gasteiger partial charge in [0.15, 0.2) is 11.3 Å². The summed E-state index contributed by atoms with van der Waals surface area (Å²) in [5.41, 5.74) is 4.49. The van der Waals surface area contributed by atoms with Crippen LogP contribution in [0.1, 0.15) is 12.5 Å². The molecule has 0 amide bonds. The maximum Gasteiger partial charge on any atom is 0.211 e. The molecule has 6 heteroatoms. The van der Waals surface area contributed by atoms with Crippen molar-refractivity contribution in [2.24, 2.45) is 0 Å². The average Bonchev–Trinajstić information content (AvgIpc) is 2.99. The number of benzene rings is 2. The molecule has 0 bridgehead atoms. The number of para-hydroxylation sites is 2. The van der Waals surface area contributed by atoms with Crippen molar-refractivity contribution in [2.75, 3.05) is 0 Å². The predicted octanol–water partition coefficient (Wildman–Crippen LogP) is 4.84. The highest BCUT2D eigenvalue weighted by Crippen LogP contribution is 2.29. The number of hydrogen-bond acceptors (Lipinski definition) is 4. The third-order valence-electron chi connectivity index (χ3n) is 4.14. The second-order valence-corrected chi connectivity index (χ2v) is 6.50. The third-order valence-corrected chi connectivity index (χ3v) is 5.03. The van der Waals surface area contributed by atoms with E-state index in [2.05, 4.69) is 38.7 Å². The number of aryl methyl sites for hydroxylation is 1. The minimum atomic E-state index is 0.629. The molecule has 122 valence electrons. The zero-order chi connectivity index (χ0) is 17.2. The lowest BCUT2D eigenvalue weighted by molar-refractivity contribution is 0.789. The molecule has 4 aromatic rings. The lowest BCUT2D eigenvalue weighted by Crippen LogP contribution is -1.98. The van der Waals surface area contributed by atoms with E-state index in [1.54, 1.807) is 0 Å². The van der Waals surface area contributed by atoms with E-state index in [0.717, 1.165) is 34.2 Å². The second kappa shape index (κ2) is 6.54. The van der Waals surface area contributed by atoms with E-state index in [9.17, 15) is 0 Å². The standard InChI is InChI=1S/C19H15N5S/c1-3-24-16-11-7-5-9-14(16)17-18(24)21-19(23-22-17)25-12-13-8-4-6-10-15(13)20-2/h4-11H,3,12H2,1H3. The molecule has 0 aliphatic heterocycles. The Bertz CT molecular complexity index is 1110. The zero-order valence-corrected chi connectivity index (χ0v) is 14.5. The van der Waals surface area contributed by atoms with Crippen molar-refractivity contribution >= 4 is 39.5 Å². The van der Waals surface area contributed by atoms with Crippen molar-refractivity contribution in [3.05, 3.63) is 65.5 Å². The van der Waals surface area contributed by atoms with Crippen LogP contribution in [0.3, 0.4) is 0 Å². The van der Waals surface area contributed by atoms with Crippen LogP contribution >= 0.6 is 11.8 Å². The summed E-state index contributed by atoms with van der Waals surface area (Å²) in [4.78, 5) is 8.29. The van der Waals surface area contributed by atoms with Crippen LogP contribution in [0.5, 0.6) is 0 Å². The molecule has 0 saturated carbocycles. The van der Waals surface area contributed by atoms with Gasteiger partial charge >= 0.3 is 0 Å². The highest BCUT2D eigenvalue weighted by molar-refractivity contribution is 7.98. The number of rotatable bonds is 4. The number of thioether (sulfide) groups is 1. The van der Waals surface area contributed by atoms with Gasteiger partial charge in [0, 0.05) is 17.7 Å². The Morgan fingerprint density at radius 1 is 1.08 bits per heavy atom. The van der Waals surface area contributed by atoms with Crippen molar-refractivity contribution in [3.8, 4) is 0 Å². The second-order valence-electron chi connectivity index (χ2n) is 5.56. The first kappa shape index (κ1) is 15.6. The fraction of sp³-hybridized carbons (Fsp3) is 0.158. The van der Waals surface area contributed by atoms with E-state index in [0.29, 0.717) is 16.6 Å². The summed E-state index contributed by atoms with van der Waals surface area (Å²) < 4.78 is 2.16. The summed E-state index contributed by atoms with van der Waals surface area (Å²) >= 11 is 1.51. The molecular weight excluding hydrogens is 330 g/mol. The molecule has 0 aliphatic carbocycles. The quantitative estimate of drug-likeness (QED) is 0.392. The monoisotopic (exact) mass is 345 g/mol. The first-order chi connectivity index (χ1) is 12.3. The summed E-state index contributed by atoms with van der Waals surface area (Å²) in [6.45, 7) is 10.2. The molecule has 0 aliphatic rings. The predicted molar refractivity (Wildman–Crippen MR) is 101 cm³/mol. The van der Waals surface area contributed by atoms with Gasteiger partial charge in [-0.05, 0) is 18.6 Å². The summed E-state index contributed by atoms with van der Waals surface area (Å²) in [5.74, 6) is 0.651. The highest BCUT2D eigenvalue weighted by atomic mass is 32.2. The molecule has 0 saturated heterocycles. The maximum atomic E-state index is 7.26. The largest absolute Gasteiger partial charge is 0.324 e. The van der Waals surface area contributed by atoms with Crippen molar-refractivity contribution in [1.29, 1.82) is 0 Å². The fourth-order valence-corrected chi connectivity index (χ4v) is 3.73. The normalized spacial score (nSPS) is 11.0. The third kappa shape index (κ3) is 2.73. The van der Waals surface area contributed by atoms with Crippen LogP contribution in [0.4, 0.5) is 5.69 Å². The molecule has 0 unspecified atom stereocenters. The van der Waals surface area contributed by atoms with Crippen molar-refractivity contribution in [1.82, 2.24) is 19.7 Å². The average molecular weight is 345 g/mol. The molecule has 0 atom stereocenters. The van der Waals surface area contributed by atoms with Gasteiger partial charge in [-0.25, -0.2) is 9.83 Å². The number of aromatic nitrogens is 4. The van der Waals surface area contributed by atoms with Crippen molar-refractivity contribution in [2.45, 2.75) is 24.4 Å². The molecule has 0 fully saturated rings. The molecule has 2 heterocycles. The topological polar surface area (TPSA) is 48.0 Å². The minimum absolute atomic E-state index is 0.629.